The van der Waals surface area contributed by atoms with Gasteiger partial charge in [-0.1, -0.05) is 32.9 Å². The Hall–Kier alpha value is -1.20. The molecule has 0 saturated heterocycles. The molecule has 1 aromatic rings. The topological polar surface area (TPSA) is 41.1 Å². The number of amides is 1. The normalized spacial score (nSPS) is 24.8. The number of carbonyl (C=O) groups excluding carboxylic acids is 1. The number of halogens is 3. The van der Waals surface area contributed by atoms with Gasteiger partial charge in [0.15, 0.2) is 0 Å². The summed E-state index contributed by atoms with van der Waals surface area (Å²) in [5.74, 6) is -2.43. The first-order valence-corrected chi connectivity index (χ1v) is 8.65. The van der Waals surface area contributed by atoms with Crippen LogP contribution in [0.1, 0.15) is 61.9 Å². The fourth-order valence-electron chi connectivity index (χ4n) is 3.17. The molecule has 2 saturated carbocycles. The maximum Gasteiger partial charge on any atom is 0.252 e. The van der Waals surface area contributed by atoms with E-state index in [2.05, 4.69) is 31.4 Å². The van der Waals surface area contributed by atoms with Gasteiger partial charge in [0.25, 0.3) is 11.8 Å². The predicted molar refractivity (Wildman–Crippen MR) is 97.7 cm³/mol. The lowest BCUT2D eigenvalue weighted by molar-refractivity contribution is -0.0901. The fourth-order valence-corrected chi connectivity index (χ4v) is 3.17. The molecule has 6 heteroatoms. The van der Waals surface area contributed by atoms with E-state index in [1.807, 2.05) is 18.2 Å². The molecule has 2 aliphatic carbocycles. The minimum Gasteiger partial charge on any atom is -0.349 e. The van der Waals surface area contributed by atoms with Crippen LogP contribution in [0, 0.1) is 5.41 Å². The quantitative estimate of drug-likeness (QED) is 0.816. The molecule has 0 spiro atoms. The van der Waals surface area contributed by atoms with E-state index in [0.29, 0.717) is 17.5 Å². The van der Waals surface area contributed by atoms with Crippen LogP contribution in [0.3, 0.4) is 0 Å². The van der Waals surface area contributed by atoms with Crippen molar-refractivity contribution in [2.24, 2.45) is 5.41 Å². The van der Waals surface area contributed by atoms with Crippen molar-refractivity contribution in [2.75, 3.05) is 6.54 Å². The SMILES string of the molecule is CC(C)(C)CNC1CC1c1cccc(C(=O)NC2CC(F)(F)C2)c1.Cl. The summed E-state index contributed by atoms with van der Waals surface area (Å²) in [4.78, 5) is 12.2. The molecule has 0 aliphatic heterocycles. The van der Waals surface area contributed by atoms with E-state index < -0.39 is 12.0 Å². The average Bonchev–Trinajstić information content (AvgIpc) is 3.22. The van der Waals surface area contributed by atoms with Gasteiger partial charge in [-0.25, -0.2) is 8.78 Å². The van der Waals surface area contributed by atoms with Gasteiger partial charge in [0.05, 0.1) is 0 Å². The second-order valence-electron chi connectivity index (χ2n) is 8.45. The molecule has 2 aliphatic rings. The fraction of sp³-hybridized carbons (Fsp3) is 0.632. The van der Waals surface area contributed by atoms with Crippen molar-refractivity contribution in [1.82, 2.24) is 10.6 Å². The first-order valence-electron chi connectivity index (χ1n) is 8.65. The Morgan fingerprint density at radius 1 is 1.28 bits per heavy atom. The summed E-state index contributed by atoms with van der Waals surface area (Å²) in [5.41, 5.74) is 1.96. The molecule has 25 heavy (non-hydrogen) atoms. The molecule has 3 rings (SSSR count). The van der Waals surface area contributed by atoms with Crippen molar-refractivity contribution in [2.45, 2.75) is 64.0 Å². The Morgan fingerprint density at radius 2 is 1.96 bits per heavy atom. The molecule has 0 radical (unpaired) electrons. The molecular formula is C19H27ClF2N2O. The minimum atomic E-state index is -2.61. The van der Waals surface area contributed by atoms with E-state index in [1.165, 1.54) is 0 Å². The van der Waals surface area contributed by atoms with Crippen LogP contribution in [0.25, 0.3) is 0 Å². The Labute approximate surface area is 154 Å². The van der Waals surface area contributed by atoms with Crippen LogP contribution in [0.4, 0.5) is 8.78 Å². The number of hydrogen-bond acceptors (Lipinski definition) is 2. The van der Waals surface area contributed by atoms with Crippen LogP contribution >= 0.6 is 12.4 Å². The third-order valence-electron chi connectivity index (χ3n) is 4.69. The number of carbonyl (C=O) groups is 1. The highest BCUT2D eigenvalue weighted by atomic mass is 35.5. The van der Waals surface area contributed by atoms with Crippen LogP contribution in [0.2, 0.25) is 0 Å². The Bertz CT molecular complexity index is 622. The van der Waals surface area contributed by atoms with Gasteiger partial charge >= 0.3 is 0 Å². The zero-order valence-electron chi connectivity index (χ0n) is 14.9. The molecule has 2 atom stereocenters. The van der Waals surface area contributed by atoms with Crippen molar-refractivity contribution >= 4 is 18.3 Å². The highest BCUT2D eigenvalue weighted by Crippen LogP contribution is 2.41. The first kappa shape index (κ1) is 20.1. The maximum atomic E-state index is 12.9. The zero-order valence-corrected chi connectivity index (χ0v) is 15.8. The molecule has 140 valence electrons. The molecule has 0 heterocycles. The Balaban J connectivity index is 0.00000225. The van der Waals surface area contributed by atoms with E-state index in [-0.39, 0.29) is 36.6 Å². The van der Waals surface area contributed by atoms with Crippen molar-refractivity contribution in [3.63, 3.8) is 0 Å². The van der Waals surface area contributed by atoms with Gasteiger partial charge in [0, 0.05) is 43.0 Å². The summed E-state index contributed by atoms with van der Waals surface area (Å²) < 4.78 is 25.7. The molecule has 2 unspecified atom stereocenters. The van der Waals surface area contributed by atoms with E-state index in [4.69, 9.17) is 0 Å². The standard InChI is InChI=1S/C19H26F2N2O.ClH/c1-18(2,3)11-22-16-8-15(16)12-5-4-6-13(7-12)17(24)23-14-9-19(20,21)10-14;/h4-7,14-16,22H,8-11H2,1-3H3,(H,23,24);1H. The number of benzene rings is 1. The molecule has 0 bridgehead atoms. The highest BCUT2D eigenvalue weighted by molar-refractivity contribution is 5.94. The highest BCUT2D eigenvalue weighted by Gasteiger charge is 2.46. The van der Waals surface area contributed by atoms with Crippen LogP contribution < -0.4 is 10.6 Å². The molecule has 1 amide bonds. The van der Waals surface area contributed by atoms with Gasteiger partial charge < -0.3 is 10.6 Å². The van der Waals surface area contributed by atoms with Crippen LogP contribution in [-0.2, 0) is 0 Å². The van der Waals surface area contributed by atoms with Crippen molar-refractivity contribution in [3.05, 3.63) is 35.4 Å². The van der Waals surface area contributed by atoms with E-state index in [1.54, 1.807) is 6.07 Å². The number of rotatable bonds is 5. The lowest BCUT2D eigenvalue weighted by Crippen LogP contribution is -2.50. The molecule has 1 aromatic carbocycles. The van der Waals surface area contributed by atoms with Crippen molar-refractivity contribution in [1.29, 1.82) is 0 Å². The lowest BCUT2D eigenvalue weighted by atomic mass is 9.88. The third-order valence-corrected chi connectivity index (χ3v) is 4.69. The predicted octanol–water partition coefficient (Wildman–Crippen LogP) is 4.13. The first-order chi connectivity index (χ1) is 11.1. The van der Waals surface area contributed by atoms with Gasteiger partial charge in [-0.2, -0.15) is 0 Å². The van der Waals surface area contributed by atoms with Crippen LogP contribution in [0.15, 0.2) is 24.3 Å². The number of nitrogens with one attached hydrogen (secondary N) is 2. The molecule has 0 aromatic heterocycles. The molecule has 3 nitrogen and oxygen atoms in total. The minimum absolute atomic E-state index is 0. The van der Waals surface area contributed by atoms with E-state index in [9.17, 15) is 13.6 Å². The summed E-state index contributed by atoms with van der Waals surface area (Å²) in [7, 11) is 0. The van der Waals surface area contributed by atoms with Gasteiger partial charge in [0.2, 0.25) is 0 Å². The summed E-state index contributed by atoms with van der Waals surface area (Å²) in [6.45, 7) is 7.56. The maximum absolute atomic E-state index is 12.9. The monoisotopic (exact) mass is 372 g/mol. The number of alkyl halides is 2. The van der Waals surface area contributed by atoms with E-state index in [0.717, 1.165) is 18.5 Å². The Kier molecular flexibility index (Phi) is 5.79. The zero-order chi connectivity index (χ0) is 17.5. The van der Waals surface area contributed by atoms with Crippen molar-refractivity contribution < 1.29 is 13.6 Å². The van der Waals surface area contributed by atoms with Gasteiger partial charge in [-0.05, 0) is 29.5 Å². The number of hydrogen-bond donors (Lipinski definition) is 2. The second kappa shape index (κ2) is 7.20. The van der Waals surface area contributed by atoms with Gasteiger partial charge in [-0.15, -0.1) is 12.4 Å². The van der Waals surface area contributed by atoms with Crippen LogP contribution in [0.5, 0.6) is 0 Å². The largest absolute Gasteiger partial charge is 0.349 e. The van der Waals surface area contributed by atoms with E-state index >= 15 is 0 Å². The van der Waals surface area contributed by atoms with Crippen LogP contribution in [-0.4, -0.2) is 30.5 Å². The summed E-state index contributed by atoms with van der Waals surface area (Å²) in [5, 5.41) is 6.27. The average molecular weight is 373 g/mol. The summed E-state index contributed by atoms with van der Waals surface area (Å²) in [6, 6.07) is 7.62. The van der Waals surface area contributed by atoms with Gasteiger partial charge in [0.1, 0.15) is 0 Å². The van der Waals surface area contributed by atoms with Gasteiger partial charge in [-0.3, -0.25) is 4.79 Å². The van der Waals surface area contributed by atoms with Crippen molar-refractivity contribution in [3.8, 4) is 0 Å². The third kappa shape index (κ3) is 5.38. The Morgan fingerprint density at radius 3 is 2.56 bits per heavy atom. The second-order valence-corrected chi connectivity index (χ2v) is 8.45. The molecular weight excluding hydrogens is 346 g/mol. The lowest BCUT2D eigenvalue weighted by Gasteiger charge is -2.35. The summed E-state index contributed by atoms with van der Waals surface area (Å²) in [6.07, 6.45) is 0.579. The molecule has 2 fully saturated rings. The smallest absolute Gasteiger partial charge is 0.252 e. The summed E-state index contributed by atoms with van der Waals surface area (Å²) >= 11 is 0. The molecule has 2 N–H and O–H groups in total.